The molecule has 0 aliphatic carbocycles. The molecule has 1 aliphatic rings. The van der Waals surface area contributed by atoms with Gasteiger partial charge in [-0.2, -0.15) is 0 Å². The molecule has 30 heavy (non-hydrogen) atoms. The number of nitrogens with one attached hydrogen (secondary N) is 2. The maximum Gasteiger partial charge on any atom is 0.191 e. The molecule has 1 heterocycles. The minimum Gasteiger partial charge on any atom is -0.382 e. The van der Waals surface area contributed by atoms with Crippen molar-refractivity contribution < 1.29 is 18.6 Å². The lowest BCUT2D eigenvalue weighted by Gasteiger charge is -2.38. The topological polar surface area (TPSA) is 67.4 Å². The lowest BCUT2D eigenvalue weighted by molar-refractivity contribution is -0.0343. The molecule has 0 aromatic heterocycles. The van der Waals surface area contributed by atoms with Crippen LogP contribution in [-0.4, -0.2) is 83.7 Å². The fourth-order valence-electron chi connectivity index (χ4n) is 3.41. The fourth-order valence-corrected chi connectivity index (χ4v) is 3.70. The first-order valence-electron chi connectivity index (χ1n) is 10.4. The molecule has 1 aliphatic heterocycles. The Labute approximate surface area is 183 Å². The van der Waals surface area contributed by atoms with Gasteiger partial charge in [0.2, 0.25) is 0 Å². The van der Waals surface area contributed by atoms with E-state index in [1.54, 1.807) is 26.3 Å². The molecular formula is C21H34ClFN4O3. The van der Waals surface area contributed by atoms with E-state index < -0.39 is 0 Å². The molecule has 1 aromatic carbocycles. The number of ether oxygens (including phenoxy) is 3. The number of rotatable bonds is 11. The second kappa shape index (κ2) is 13.8. The van der Waals surface area contributed by atoms with E-state index >= 15 is 0 Å². The van der Waals surface area contributed by atoms with Crippen LogP contribution in [0.2, 0.25) is 5.02 Å². The molecule has 1 fully saturated rings. The van der Waals surface area contributed by atoms with E-state index in [0.717, 1.165) is 6.42 Å². The summed E-state index contributed by atoms with van der Waals surface area (Å²) in [6.45, 7) is 7.07. The predicted octanol–water partition coefficient (Wildman–Crippen LogP) is 2.46. The lowest BCUT2D eigenvalue weighted by Crippen LogP contribution is -2.48. The molecule has 0 bridgehead atoms. The Kier molecular flexibility index (Phi) is 11.4. The standard InChI is InChI=1S/C21H34ClFN4O3/c1-16-15-27(9-11-30-16)19(20-17(22)6-4-7-18(20)23)14-26-21(24-2)25-8-5-10-29-13-12-28-3/h4,6-7,16,19H,5,8-15H2,1-3H3,(H2,24,25,26). The largest absolute Gasteiger partial charge is 0.382 e. The number of methoxy groups -OCH3 is 1. The fraction of sp³-hybridized carbons (Fsp3) is 0.667. The van der Waals surface area contributed by atoms with Crippen molar-refractivity contribution in [2.45, 2.75) is 25.5 Å². The van der Waals surface area contributed by atoms with Gasteiger partial charge < -0.3 is 24.8 Å². The summed E-state index contributed by atoms with van der Waals surface area (Å²) in [6.07, 6.45) is 0.927. The minimum atomic E-state index is -0.301. The van der Waals surface area contributed by atoms with Crippen LogP contribution in [0, 0.1) is 5.82 Å². The first kappa shape index (κ1) is 24.8. The number of benzene rings is 1. The van der Waals surface area contributed by atoms with Crippen molar-refractivity contribution in [1.82, 2.24) is 15.5 Å². The van der Waals surface area contributed by atoms with Crippen molar-refractivity contribution in [3.05, 3.63) is 34.6 Å². The van der Waals surface area contributed by atoms with E-state index in [9.17, 15) is 4.39 Å². The van der Waals surface area contributed by atoms with Crippen molar-refractivity contribution >= 4 is 17.6 Å². The van der Waals surface area contributed by atoms with E-state index in [4.69, 9.17) is 25.8 Å². The van der Waals surface area contributed by atoms with Gasteiger partial charge in [0.15, 0.2) is 5.96 Å². The molecule has 0 saturated carbocycles. The Morgan fingerprint density at radius 3 is 2.90 bits per heavy atom. The summed E-state index contributed by atoms with van der Waals surface area (Å²) in [4.78, 5) is 6.48. The number of halogens is 2. The van der Waals surface area contributed by atoms with Gasteiger partial charge in [0.25, 0.3) is 0 Å². The van der Waals surface area contributed by atoms with Gasteiger partial charge in [-0.3, -0.25) is 9.89 Å². The second-order valence-corrected chi connectivity index (χ2v) is 7.57. The third-order valence-corrected chi connectivity index (χ3v) is 5.25. The summed E-state index contributed by atoms with van der Waals surface area (Å²) in [6, 6.07) is 4.58. The Morgan fingerprint density at radius 2 is 2.20 bits per heavy atom. The van der Waals surface area contributed by atoms with Crippen molar-refractivity contribution in [2.75, 3.05) is 66.8 Å². The van der Waals surface area contributed by atoms with Crippen LogP contribution in [0.4, 0.5) is 4.39 Å². The summed E-state index contributed by atoms with van der Waals surface area (Å²) in [5, 5.41) is 7.01. The van der Waals surface area contributed by atoms with Crippen molar-refractivity contribution in [3.8, 4) is 0 Å². The van der Waals surface area contributed by atoms with Crippen LogP contribution in [0.1, 0.15) is 24.9 Å². The summed E-state index contributed by atoms with van der Waals surface area (Å²) in [7, 11) is 3.37. The zero-order valence-corrected chi connectivity index (χ0v) is 18.9. The highest BCUT2D eigenvalue weighted by atomic mass is 35.5. The number of aliphatic imine (C=N–C) groups is 1. The molecule has 0 radical (unpaired) electrons. The van der Waals surface area contributed by atoms with Crippen molar-refractivity contribution in [3.63, 3.8) is 0 Å². The molecule has 2 rings (SSSR count). The second-order valence-electron chi connectivity index (χ2n) is 7.17. The maximum absolute atomic E-state index is 14.7. The van der Waals surface area contributed by atoms with Crippen molar-refractivity contribution in [1.29, 1.82) is 0 Å². The summed E-state index contributed by atoms with van der Waals surface area (Å²) in [5.41, 5.74) is 0.503. The van der Waals surface area contributed by atoms with Gasteiger partial charge >= 0.3 is 0 Å². The first-order chi connectivity index (χ1) is 14.6. The van der Waals surface area contributed by atoms with Crippen LogP contribution < -0.4 is 10.6 Å². The number of hydrogen-bond acceptors (Lipinski definition) is 5. The van der Waals surface area contributed by atoms with E-state index in [1.165, 1.54) is 6.07 Å². The van der Waals surface area contributed by atoms with Gasteiger partial charge in [-0.15, -0.1) is 0 Å². The van der Waals surface area contributed by atoms with Gasteiger partial charge in [0, 0.05) is 57.5 Å². The zero-order valence-electron chi connectivity index (χ0n) is 18.1. The van der Waals surface area contributed by atoms with Crippen LogP contribution in [0.5, 0.6) is 0 Å². The van der Waals surface area contributed by atoms with Gasteiger partial charge in [0.05, 0.1) is 32.0 Å². The zero-order chi connectivity index (χ0) is 21.8. The van der Waals surface area contributed by atoms with E-state index in [2.05, 4.69) is 20.5 Å². The van der Waals surface area contributed by atoms with Crippen LogP contribution in [0.25, 0.3) is 0 Å². The molecule has 0 amide bonds. The van der Waals surface area contributed by atoms with E-state index in [-0.39, 0.29) is 18.0 Å². The van der Waals surface area contributed by atoms with Gasteiger partial charge in [-0.1, -0.05) is 17.7 Å². The van der Waals surface area contributed by atoms with Crippen LogP contribution in [-0.2, 0) is 14.2 Å². The normalized spacial score (nSPS) is 19.0. The van der Waals surface area contributed by atoms with Crippen LogP contribution in [0.3, 0.4) is 0 Å². The molecule has 7 nitrogen and oxygen atoms in total. The van der Waals surface area contributed by atoms with Crippen LogP contribution >= 0.6 is 11.6 Å². The third kappa shape index (κ3) is 8.00. The average Bonchev–Trinajstić information content (AvgIpc) is 2.73. The first-order valence-corrected chi connectivity index (χ1v) is 10.7. The summed E-state index contributed by atoms with van der Waals surface area (Å²) < 4.78 is 30.8. The van der Waals surface area contributed by atoms with E-state index in [0.29, 0.717) is 69.2 Å². The highest BCUT2D eigenvalue weighted by molar-refractivity contribution is 6.31. The lowest BCUT2D eigenvalue weighted by atomic mass is 10.0. The number of nitrogens with zero attached hydrogens (tertiary/aromatic N) is 2. The monoisotopic (exact) mass is 444 g/mol. The van der Waals surface area contributed by atoms with Gasteiger partial charge in [0.1, 0.15) is 5.82 Å². The van der Waals surface area contributed by atoms with E-state index in [1.807, 2.05) is 6.92 Å². The van der Waals surface area contributed by atoms with Gasteiger partial charge in [-0.05, 0) is 25.5 Å². The van der Waals surface area contributed by atoms with Crippen molar-refractivity contribution in [2.24, 2.45) is 4.99 Å². The molecule has 2 atom stereocenters. The molecule has 2 unspecified atom stereocenters. The van der Waals surface area contributed by atoms with Crippen LogP contribution in [0.15, 0.2) is 23.2 Å². The maximum atomic E-state index is 14.7. The number of hydrogen-bond donors (Lipinski definition) is 2. The Balaban J connectivity index is 1.95. The Morgan fingerprint density at radius 1 is 1.37 bits per heavy atom. The summed E-state index contributed by atoms with van der Waals surface area (Å²) >= 11 is 6.39. The Bertz CT molecular complexity index is 645. The van der Waals surface area contributed by atoms with Gasteiger partial charge in [-0.25, -0.2) is 4.39 Å². The molecule has 9 heteroatoms. The third-order valence-electron chi connectivity index (χ3n) is 4.92. The quantitative estimate of drug-likeness (QED) is 0.310. The minimum absolute atomic E-state index is 0.0855. The molecule has 0 spiro atoms. The smallest absolute Gasteiger partial charge is 0.191 e. The SMILES string of the molecule is CN=C(NCCCOCCOC)NCC(c1c(F)cccc1Cl)N1CCOC(C)C1. The number of guanidine groups is 1. The number of morpholine rings is 1. The average molecular weight is 445 g/mol. The molecule has 170 valence electrons. The summed E-state index contributed by atoms with van der Waals surface area (Å²) in [5.74, 6) is 0.357. The predicted molar refractivity (Wildman–Crippen MR) is 118 cm³/mol. The Hall–Kier alpha value is -1.45. The molecule has 1 aromatic rings. The highest BCUT2D eigenvalue weighted by Gasteiger charge is 2.29. The highest BCUT2D eigenvalue weighted by Crippen LogP contribution is 2.31. The molecule has 1 saturated heterocycles. The molecular weight excluding hydrogens is 411 g/mol. The molecule has 2 N–H and O–H groups in total.